The Labute approximate surface area is 93.6 Å². The SMILES string of the molecule is CN1CCC2C(CCN)CN(C)C2CC1. The summed E-state index contributed by atoms with van der Waals surface area (Å²) in [5.74, 6) is 1.76. The van der Waals surface area contributed by atoms with E-state index in [0.717, 1.165) is 24.4 Å². The molecule has 3 unspecified atom stereocenters. The molecule has 0 amide bonds. The normalized spacial score (nSPS) is 39.0. The second kappa shape index (κ2) is 4.81. The molecule has 2 heterocycles. The summed E-state index contributed by atoms with van der Waals surface area (Å²) in [5, 5.41) is 0. The van der Waals surface area contributed by atoms with Crippen LogP contribution in [0.5, 0.6) is 0 Å². The van der Waals surface area contributed by atoms with E-state index >= 15 is 0 Å². The fraction of sp³-hybridized carbons (Fsp3) is 1.00. The first-order valence-corrected chi connectivity index (χ1v) is 6.31. The van der Waals surface area contributed by atoms with Crippen molar-refractivity contribution in [3.63, 3.8) is 0 Å². The predicted octanol–water partition coefficient (Wildman–Crippen LogP) is 0.607. The van der Waals surface area contributed by atoms with Crippen LogP contribution in [-0.2, 0) is 0 Å². The number of nitrogens with two attached hydrogens (primary N) is 1. The van der Waals surface area contributed by atoms with E-state index in [1.54, 1.807) is 0 Å². The molecule has 2 aliphatic rings. The van der Waals surface area contributed by atoms with Gasteiger partial charge in [-0.15, -0.1) is 0 Å². The van der Waals surface area contributed by atoms with Crippen molar-refractivity contribution >= 4 is 0 Å². The molecule has 2 fully saturated rings. The van der Waals surface area contributed by atoms with Gasteiger partial charge in [-0.05, 0) is 64.8 Å². The fourth-order valence-electron chi connectivity index (χ4n) is 3.50. The van der Waals surface area contributed by atoms with Crippen molar-refractivity contribution in [1.29, 1.82) is 0 Å². The van der Waals surface area contributed by atoms with Crippen LogP contribution in [-0.4, -0.2) is 56.1 Å². The van der Waals surface area contributed by atoms with E-state index in [1.807, 2.05) is 0 Å². The van der Waals surface area contributed by atoms with Gasteiger partial charge in [-0.25, -0.2) is 0 Å². The molecule has 3 atom stereocenters. The maximum Gasteiger partial charge on any atom is 0.0136 e. The van der Waals surface area contributed by atoms with Crippen LogP contribution in [0.15, 0.2) is 0 Å². The molecule has 88 valence electrons. The van der Waals surface area contributed by atoms with E-state index in [4.69, 9.17) is 5.73 Å². The minimum atomic E-state index is 0.825. The summed E-state index contributed by atoms with van der Waals surface area (Å²) in [7, 11) is 4.54. The van der Waals surface area contributed by atoms with E-state index in [2.05, 4.69) is 23.9 Å². The summed E-state index contributed by atoms with van der Waals surface area (Å²) in [5.41, 5.74) is 5.71. The smallest absolute Gasteiger partial charge is 0.0136 e. The van der Waals surface area contributed by atoms with Gasteiger partial charge >= 0.3 is 0 Å². The zero-order chi connectivity index (χ0) is 10.8. The van der Waals surface area contributed by atoms with Gasteiger partial charge in [0.1, 0.15) is 0 Å². The number of fused-ring (bicyclic) bond motifs is 1. The molecule has 2 aliphatic heterocycles. The standard InChI is InChI=1S/C12H25N3/c1-14-7-4-11-10(3-6-13)9-15(2)12(11)5-8-14/h10-12H,3-9,13H2,1-2H3. The topological polar surface area (TPSA) is 32.5 Å². The lowest BCUT2D eigenvalue weighted by Gasteiger charge is -2.23. The van der Waals surface area contributed by atoms with Crippen LogP contribution in [0.1, 0.15) is 19.3 Å². The second-order valence-electron chi connectivity index (χ2n) is 5.39. The van der Waals surface area contributed by atoms with E-state index in [-0.39, 0.29) is 0 Å². The van der Waals surface area contributed by atoms with Gasteiger partial charge in [0.05, 0.1) is 0 Å². The van der Waals surface area contributed by atoms with E-state index in [9.17, 15) is 0 Å². The van der Waals surface area contributed by atoms with Crippen LogP contribution in [0.3, 0.4) is 0 Å². The lowest BCUT2D eigenvalue weighted by molar-refractivity contribution is 0.257. The van der Waals surface area contributed by atoms with Gasteiger partial charge in [-0.3, -0.25) is 0 Å². The van der Waals surface area contributed by atoms with Gasteiger partial charge in [-0.1, -0.05) is 0 Å². The molecule has 0 aromatic carbocycles. The summed E-state index contributed by atoms with van der Waals surface area (Å²) in [6, 6.07) is 0.825. The Balaban J connectivity index is 2.02. The molecule has 2 N–H and O–H groups in total. The Morgan fingerprint density at radius 2 is 1.93 bits per heavy atom. The summed E-state index contributed by atoms with van der Waals surface area (Å²) in [4.78, 5) is 5.05. The number of rotatable bonds is 2. The Morgan fingerprint density at radius 3 is 2.67 bits per heavy atom. The maximum absolute atomic E-state index is 5.71. The van der Waals surface area contributed by atoms with Crippen LogP contribution >= 0.6 is 0 Å². The number of hydrogen-bond acceptors (Lipinski definition) is 3. The van der Waals surface area contributed by atoms with Crippen LogP contribution in [0, 0.1) is 11.8 Å². The quantitative estimate of drug-likeness (QED) is 0.726. The molecular formula is C12H25N3. The highest BCUT2D eigenvalue weighted by Gasteiger charge is 2.39. The third kappa shape index (κ3) is 2.35. The van der Waals surface area contributed by atoms with Crippen molar-refractivity contribution in [2.45, 2.75) is 25.3 Å². The molecule has 3 nitrogen and oxygen atoms in total. The average molecular weight is 211 g/mol. The van der Waals surface area contributed by atoms with Crippen LogP contribution < -0.4 is 5.73 Å². The summed E-state index contributed by atoms with van der Waals surface area (Å²) < 4.78 is 0. The highest BCUT2D eigenvalue weighted by Crippen LogP contribution is 2.36. The molecule has 2 rings (SSSR count). The molecule has 0 radical (unpaired) electrons. The third-order valence-corrected chi connectivity index (χ3v) is 4.38. The lowest BCUT2D eigenvalue weighted by atomic mass is 9.85. The lowest BCUT2D eigenvalue weighted by Crippen LogP contribution is -2.30. The van der Waals surface area contributed by atoms with Crippen LogP contribution in [0.2, 0.25) is 0 Å². The zero-order valence-corrected chi connectivity index (χ0v) is 10.2. The minimum absolute atomic E-state index is 0.825. The predicted molar refractivity (Wildman–Crippen MR) is 63.8 cm³/mol. The van der Waals surface area contributed by atoms with E-state index in [1.165, 1.54) is 38.9 Å². The third-order valence-electron chi connectivity index (χ3n) is 4.38. The number of hydrogen-bond donors (Lipinski definition) is 1. The monoisotopic (exact) mass is 211 g/mol. The number of likely N-dealkylation sites (tertiary alicyclic amines) is 2. The summed E-state index contributed by atoms with van der Waals surface area (Å²) in [6.07, 6.45) is 3.93. The molecule has 0 aliphatic carbocycles. The van der Waals surface area contributed by atoms with Crippen molar-refractivity contribution in [2.75, 3.05) is 40.3 Å². The molecule has 0 spiro atoms. The first-order valence-electron chi connectivity index (χ1n) is 6.31. The molecule has 0 aromatic rings. The fourth-order valence-corrected chi connectivity index (χ4v) is 3.50. The van der Waals surface area contributed by atoms with Crippen molar-refractivity contribution in [3.8, 4) is 0 Å². The molecule has 3 heteroatoms. The van der Waals surface area contributed by atoms with Gasteiger partial charge in [0.2, 0.25) is 0 Å². The Kier molecular flexibility index (Phi) is 3.65. The van der Waals surface area contributed by atoms with Gasteiger partial charge in [0.25, 0.3) is 0 Å². The Hall–Kier alpha value is -0.120. The van der Waals surface area contributed by atoms with Gasteiger partial charge in [0, 0.05) is 12.6 Å². The Bertz CT molecular complexity index is 207. The molecule has 0 bridgehead atoms. The molecule has 15 heavy (non-hydrogen) atoms. The number of nitrogens with zero attached hydrogens (tertiary/aromatic N) is 2. The first kappa shape index (κ1) is 11.4. The van der Waals surface area contributed by atoms with Gasteiger partial charge in [0.15, 0.2) is 0 Å². The minimum Gasteiger partial charge on any atom is -0.330 e. The molecule has 0 saturated carbocycles. The van der Waals surface area contributed by atoms with Crippen molar-refractivity contribution in [1.82, 2.24) is 9.80 Å². The molecular weight excluding hydrogens is 186 g/mol. The highest BCUT2D eigenvalue weighted by atomic mass is 15.2. The first-order chi connectivity index (χ1) is 7.22. The summed E-state index contributed by atoms with van der Waals surface area (Å²) in [6.45, 7) is 4.67. The van der Waals surface area contributed by atoms with Crippen molar-refractivity contribution in [2.24, 2.45) is 17.6 Å². The average Bonchev–Trinajstić information content (AvgIpc) is 2.38. The maximum atomic E-state index is 5.71. The largest absolute Gasteiger partial charge is 0.330 e. The summed E-state index contributed by atoms with van der Waals surface area (Å²) >= 11 is 0. The van der Waals surface area contributed by atoms with Crippen molar-refractivity contribution < 1.29 is 0 Å². The van der Waals surface area contributed by atoms with Crippen LogP contribution in [0.25, 0.3) is 0 Å². The van der Waals surface area contributed by atoms with Gasteiger partial charge in [-0.2, -0.15) is 0 Å². The zero-order valence-electron chi connectivity index (χ0n) is 10.2. The van der Waals surface area contributed by atoms with E-state index in [0.29, 0.717) is 0 Å². The van der Waals surface area contributed by atoms with Crippen LogP contribution in [0.4, 0.5) is 0 Å². The molecule has 0 aromatic heterocycles. The second-order valence-corrected chi connectivity index (χ2v) is 5.39. The van der Waals surface area contributed by atoms with E-state index < -0.39 is 0 Å². The highest BCUT2D eigenvalue weighted by molar-refractivity contribution is 4.93. The van der Waals surface area contributed by atoms with Gasteiger partial charge < -0.3 is 15.5 Å². The van der Waals surface area contributed by atoms with Crippen molar-refractivity contribution in [3.05, 3.63) is 0 Å². The molecule has 2 saturated heterocycles. The Morgan fingerprint density at radius 1 is 1.20 bits per heavy atom.